The van der Waals surface area contributed by atoms with Gasteiger partial charge in [0.2, 0.25) is 5.95 Å². The van der Waals surface area contributed by atoms with E-state index in [9.17, 15) is 9.59 Å². The molecule has 0 saturated carbocycles. The molecule has 0 aromatic carbocycles. The molecular weight excluding hydrogens is 320 g/mol. The van der Waals surface area contributed by atoms with E-state index in [1.165, 1.54) is 10.9 Å². The first-order valence-electron chi connectivity index (χ1n) is 7.10. The molecule has 7 N–H and O–H groups in total. The maximum Gasteiger partial charge on any atom is 0.323 e. The molecule has 0 fully saturated rings. The van der Waals surface area contributed by atoms with Crippen molar-refractivity contribution in [2.24, 2.45) is 11.7 Å². The number of rotatable bonds is 7. The van der Waals surface area contributed by atoms with Crippen LogP contribution >= 0.6 is 0 Å². The number of imidazole rings is 1. The number of H-pyrrole nitrogens is 1. The molecule has 24 heavy (non-hydrogen) atoms. The van der Waals surface area contributed by atoms with E-state index in [1.807, 2.05) is 13.8 Å². The van der Waals surface area contributed by atoms with Crippen LogP contribution in [0.2, 0.25) is 0 Å². The van der Waals surface area contributed by atoms with Gasteiger partial charge in [0.1, 0.15) is 19.4 Å². The first-order valence-corrected chi connectivity index (χ1v) is 7.10. The van der Waals surface area contributed by atoms with Crippen molar-refractivity contribution in [2.45, 2.75) is 26.6 Å². The standard InChI is InChI=1S/C13H20N6O4.H2O/c1-7(2)8(14)12(21)23-4-3-22-6-19-5-16-9-10(19)17-13(15)18-11(9)20;/h5,7-8H,3-4,6,14H2,1-2H3,(H3,15,17,18,20);1H2/t8-;/m0./s1. The Labute approximate surface area is 137 Å². The Bertz CT molecular complexity index is 740. The Morgan fingerprint density at radius 1 is 1.42 bits per heavy atom. The Kier molecular flexibility index (Phi) is 6.82. The number of aromatic amines is 1. The summed E-state index contributed by atoms with van der Waals surface area (Å²) in [6.45, 7) is 4.04. The summed E-state index contributed by atoms with van der Waals surface area (Å²) in [6.07, 6.45) is 1.42. The van der Waals surface area contributed by atoms with E-state index in [4.69, 9.17) is 20.9 Å². The van der Waals surface area contributed by atoms with Gasteiger partial charge < -0.3 is 26.4 Å². The molecule has 2 rings (SSSR count). The fraction of sp³-hybridized carbons (Fsp3) is 0.538. The first-order chi connectivity index (χ1) is 10.9. The third-order valence-corrected chi connectivity index (χ3v) is 3.19. The molecule has 0 saturated heterocycles. The van der Waals surface area contributed by atoms with Gasteiger partial charge in [0.05, 0.1) is 12.9 Å². The quantitative estimate of drug-likeness (QED) is 0.396. The van der Waals surface area contributed by atoms with Crippen LogP contribution in [0.4, 0.5) is 5.95 Å². The van der Waals surface area contributed by atoms with Crippen LogP contribution in [0.5, 0.6) is 0 Å². The van der Waals surface area contributed by atoms with E-state index < -0.39 is 17.6 Å². The van der Waals surface area contributed by atoms with Crippen LogP contribution in [0.25, 0.3) is 11.2 Å². The normalized spacial score (nSPS) is 12.2. The molecule has 0 aliphatic heterocycles. The monoisotopic (exact) mass is 342 g/mol. The Morgan fingerprint density at radius 3 is 2.79 bits per heavy atom. The molecular formula is C13H22N6O5. The maximum atomic E-state index is 11.6. The lowest BCUT2D eigenvalue weighted by molar-refractivity contribution is -0.148. The highest BCUT2D eigenvalue weighted by molar-refractivity contribution is 5.75. The number of esters is 1. The number of carbonyl (C=O) groups excluding carboxylic acids is 1. The van der Waals surface area contributed by atoms with E-state index in [1.54, 1.807) is 0 Å². The number of nitrogens with zero attached hydrogens (tertiary/aromatic N) is 3. The van der Waals surface area contributed by atoms with Crippen molar-refractivity contribution in [1.29, 1.82) is 0 Å². The lowest BCUT2D eigenvalue weighted by Crippen LogP contribution is -2.37. The van der Waals surface area contributed by atoms with Crippen molar-refractivity contribution in [3.8, 4) is 0 Å². The second kappa shape index (κ2) is 8.38. The number of hydrogen-bond acceptors (Lipinski definition) is 8. The van der Waals surface area contributed by atoms with Crippen molar-refractivity contribution in [3.05, 3.63) is 16.7 Å². The van der Waals surface area contributed by atoms with Gasteiger partial charge in [0, 0.05) is 0 Å². The lowest BCUT2D eigenvalue weighted by Gasteiger charge is -2.14. The van der Waals surface area contributed by atoms with E-state index in [0.29, 0.717) is 5.65 Å². The van der Waals surface area contributed by atoms with Gasteiger partial charge in [-0.3, -0.25) is 19.1 Å². The summed E-state index contributed by atoms with van der Waals surface area (Å²) in [5.41, 5.74) is 11.2. The number of hydrogen-bond donors (Lipinski definition) is 3. The zero-order valence-electron chi connectivity index (χ0n) is 13.5. The van der Waals surface area contributed by atoms with Gasteiger partial charge in [0.15, 0.2) is 11.2 Å². The zero-order chi connectivity index (χ0) is 17.0. The van der Waals surface area contributed by atoms with Gasteiger partial charge in [-0.1, -0.05) is 13.8 Å². The fourth-order valence-electron chi connectivity index (χ4n) is 1.80. The van der Waals surface area contributed by atoms with Crippen LogP contribution in [-0.4, -0.2) is 50.2 Å². The predicted molar refractivity (Wildman–Crippen MR) is 85.9 cm³/mol. The van der Waals surface area contributed by atoms with E-state index >= 15 is 0 Å². The van der Waals surface area contributed by atoms with E-state index in [-0.39, 0.29) is 42.8 Å². The average molecular weight is 342 g/mol. The van der Waals surface area contributed by atoms with Crippen molar-refractivity contribution < 1.29 is 19.7 Å². The second-order valence-electron chi connectivity index (χ2n) is 5.31. The zero-order valence-corrected chi connectivity index (χ0v) is 13.5. The topological polar surface area (TPSA) is 183 Å². The number of nitrogens with two attached hydrogens (primary N) is 2. The minimum atomic E-state index is -0.647. The van der Waals surface area contributed by atoms with Crippen LogP contribution in [0.1, 0.15) is 13.8 Å². The van der Waals surface area contributed by atoms with Crippen LogP contribution in [0.3, 0.4) is 0 Å². The molecule has 134 valence electrons. The Morgan fingerprint density at radius 2 is 2.12 bits per heavy atom. The Balaban J connectivity index is 0.00000288. The van der Waals surface area contributed by atoms with Crippen LogP contribution < -0.4 is 17.0 Å². The molecule has 0 bridgehead atoms. The molecule has 0 amide bonds. The van der Waals surface area contributed by atoms with E-state index in [0.717, 1.165) is 0 Å². The highest BCUT2D eigenvalue weighted by Gasteiger charge is 2.18. The van der Waals surface area contributed by atoms with Crippen molar-refractivity contribution in [1.82, 2.24) is 19.5 Å². The minimum Gasteiger partial charge on any atom is -0.462 e. The third kappa shape index (κ3) is 4.50. The molecule has 2 aromatic heterocycles. The molecule has 11 nitrogen and oxygen atoms in total. The summed E-state index contributed by atoms with van der Waals surface area (Å²) in [4.78, 5) is 33.5. The maximum absolute atomic E-state index is 11.6. The van der Waals surface area contributed by atoms with Gasteiger partial charge in [-0.2, -0.15) is 4.98 Å². The Hall–Kier alpha value is -2.50. The number of fused-ring (bicyclic) bond motifs is 1. The number of ether oxygens (including phenoxy) is 2. The SMILES string of the molecule is CC(C)[C@H](N)C(=O)OCCOCn1cnc2c(=O)[nH]c(N)nc21.O. The average Bonchev–Trinajstić information content (AvgIpc) is 2.89. The molecule has 0 spiro atoms. The van der Waals surface area contributed by atoms with Crippen LogP contribution in [0.15, 0.2) is 11.1 Å². The largest absolute Gasteiger partial charge is 0.462 e. The lowest BCUT2D eigenvalue weighted by atomic mass is 10.1. The van der Waals surface area contributed by atoms with Crippen molar-refractivity contribution in [2.75, 3.05) is 18.9 Å². The summed E-state index contributed by atoms with van der Waals surface area (Å²) >= 11 is 0. The van der Waals surface area contributed by atoms with Gasteiger partial charge >= 0.3 is 5.97 Å². The van der Waals surface area contributed by atoms with E-state index in [2.05, 4.69) is 15.0 Å². The van der Waals surface area contributed by atoms with Gasteiger partial charge in [-0.05, 0) is 5.92 Å². The van der Waals surface area contributed by atoms with Gasteiger partial charge in [-0.25, -0.2) is 4.98 Å². The summed E-state index contributed by atoms with van der Waals surface area (Å²) in [7, 11) is 0. The summed E-state index contributed by atoms with van der Waals surface area (Å²) in [6, 6.07) is -0.647. The van der Waals surface area contributed by atoms with Crippen LogP contribution in [0, 0.1) is 5.92 Å². The molecule has 0 aliphatic rings. The van der Waals surface area contributed by atoms with Crippen molar-refractivity contribution in [3.63, 3.8) is 0 Å². The number of nitrogen functional groups attached to an aromatic ring is 1. The van der Waals surface area contributed by atoms with Crippen molar-refractivity contribution >= 4 is 23.1 Å². The summed E-state index contributed by atoms with van der Waals surface area (Å²) in [5.74, 6) is -0.450. The molecule has 2 aromatic rings. The second-order valence-corrected chi connectivity index (χ2v) is 5.31. The van der Waals surface area contributed by atoms with Crippen LogP contribution in [-0.2, 0) is 21.0 Å². The third-order valence-electron chi connectivity index (χ3n) is 3.19. The fourth-order valence-corrected chi connectivity index (χ4v) is 1.80. The van der Waals surface area contributed by atoms with Gasteiger partial charge in [0.25, 0.3) is 5.56 Å². The number of anilines is 1. The molecule has 0 unspecified atom stereocenters. The molecule has 11 heteroatoms. The predicted octanol–water partition coefficient (Wildman–Crippen LogP) is -1.62. The number of nitrogens with one attached hydrogen (secondary N) is 1. The summed E-state index contributed by atoms with van der Waals surface area (Å²) in [5, 5.41) is 0. The summed E-state index contributed by atoms with van der Waals surface area (Å²) < 4.78 is 11.9. The minimum absolute atomic E-state index is 0. The molecule has 0 radical (unpaired) electrons. The highest BCUT2D eigenvalue weighted by Crippen LogP contribution is 2.06. The number of carbonyl (C=O) groups is 1. The molecule has 2 heterocycles. The number of aromatic nitrogens is 4. The highest BCUT2D eigenvalue weighted by atomic mass is 16.6. The van der Waals surface area contributed by atoms with Gasteiger partial charge in [-0.15, -0.1) is 0 Å². The molecule has 1 atom stereocenters. The first kappa shape index (κ1) is 19.5. The smallest absolute Gasteiger partial charge is 0.323 e. The molecule has 0 aliphatic carbocycles.